The molecule has 2 saturated heterocycles. The molecule has 4 heterocycles. The summed E-state index contributed by atoms with van der Waals surface area (Å²) in [5.74, 6) is 0.0109. The topological polar surface area (TPSA) is 126 Å². The van der Waals surface area contributed by atoms with Crippen molar-refractivity contribution in [2.45, 2.75) is 29.6 Å². The van der Waals surface area contributed by atoms with Gasteiger partial charge in [0.2, 0.25) is 0 Å². The first-order chi connectivity index (χ1) is 16.4. The van der Waals surface area contributed by atoms with Gasteiger partial charge in [0, 0.05) is 44.8 Å². The van der Waals surface area contributed by atoms with Crippen LogP contribution in [0.4, 0.5) is 15.9 Å². The van der Waals surface area contributed by atoms with Gasteiger partial charge in [0.05, 0.1) is 24.3 Å². The van der Waals surface area contributed by atoms with E-state index in [-0.39, 0.29) is 18.2 Å². The number of benzene rings is 1. The van der Waals surface area contributed by atoms with Crippen LogP contribution in [-0.2, 0) is 10.5 Å². The lowest BCUT2D eigenvalue weighted by molar-refractivity contribution is -0.120. The van der Waals surface area contributed by atoms with E-state index in [1.54, 1.807) is 23.0 Å². The van der Waals surface area contributed by atoms with Crippen LogP contribution < -0.4 is 10.6 Å². The Morgan fingerprint density at radius 3 is 2.56 bits per heavy atom. The molecule has 2 fully saturated rings. The molecule has 0 spiro atoms. The van der Waals surface area contributed by atoms with Crippen LogP contribution >= 0.6 is 12.6 Å². The summed E-state index contributed by atoms with van der Waals surface area (Å²) in [4.78, 5) is 17.3. The molecule has 34 heavy (non-hydrogen) atoms. The van der Waals surface area contributed by atoms with Crippen molar-refractivity contribution in [2.24, 2.45) is 0 Å². The summed E-state index contributed by atoms with van der Waals surface area (Å²) in [6.45, 7) is 3.58. The summed E-state index contributed by atoms with van der Waals surface area (Å²) in [7, 11) is 0. The van der Waals surface area contributed by atoms with E-state index < -0.39 is 23.2 Å². The van der Waals surface area contributed by atoms with Gasteiger partial charge < -0.3 is 25.6 Å². The Bertz CT molecular complexity index is 1140. The zero-order chi connectivity index (χ0) is 23.9. The number of nitrogens with zero attached hydrogens (tertiary/aromatic N) is 6. The number of ether oxygens (including phenoxy) is 1. The Kier molecular flexibility index (Phi) is 6.34. The van der Waals surface area contributed by atoms with Crippen LogP contribution in [0.1, 0.15) is 6.42 Å². The zero-order valence-corrected chi connectivity index (χ0v) is 19.4. The molecule has 0 bridgehead atoms. The predicted octanol–water partition coefficient (Wildman–Crippen LogP) is 0.463. The van der Waals surface area contributed by atoms with E-state index in [0.29, 0.717) is 24.1 Å². The van der Waals surface area contributed by atoms with Crippen molar-refractivity contribution in [1.29, 1.82) is 0 Å². The number of imidazole rings is 1. The molecule has 2 aliphatic rings. The van der Waals surface area contributed by atoms with E-state index in [4.69, 9.17) is 23.1 Å². The van der Waals surface area contributed by atoms with Gasteiger partial charge in [-0.2, -0.15) is 12.6 Å². The Labute approximate surface area is 201 Å². The quantitative estimate of drug-likeness (QED) is 0.366. The summed E-state index contributed by atoms with van der Waals surface area (Å²) in [6, 6.07) is 6.55. The third-order valence-corrected chi connectivity index (χ3v) is 7.53. The third-order valence-electron chi connectivity index (χ3n) is 6.82. The number of nitrogen functional groups attached to an aromatic ring is 1. The Morgan fingerprint density at radius 1 is 1.15 bits per heavy atom. The first-order valence-electron chi connectivity index (χ1n) is 11.2. The van der Waals surface area contributed by atoms with E-state index in [2.05, 4.69) is 24.8 Å². The number of anilines is 2. The average molecular weight is 490 g/mol. The fourth-order valence-electron chi connectivity index (χ4n) is 4.87. The molecule has 2 aromatic heterocycles. The monoisotopic (exact) mass is 489 g/mol. The molecule has 2 aliphatic heterocycles. The zero-order valence-electron chi connectivity index (χ0n) is 18.5. The van der Waals surface area contributed by atoms with Crippen LogP contribution in [0, 0.1) is 5.82 Å². The molecule has 182 valence electrons. The third kappa shape index (κ3) is 3.99. The number of piperazine rings is 1. The molecule has 12 heteroatoms. The highest BCUT2D eigenvalue weighted by atomic mass is 32.1. The number of rotatable bonds is 6. The Balaban J connectivity index is 1.35. The summed E-state index contributed by atoms with van der Waals surface area (Å²) >= 11 is 4.72. The number of aliphatic hydroxyl groups excluding tert-OH is 2. The molecular weight excluding hydrogens is 461 g/mol. The summed E-state index contributed by atoms with van der Waals surface area (Å²) in [5, 5.41) is 19.9. The number of thiol groups is 1. The highest BCUT2D eigenvalue weighted by molar-refractivity contribution is 7.81. The van der Waals surface area contributed by atoms with Crippen molar-refractivity contribution in [3.63, 3.8) is 0 Å². The second-order valence-electron chi connectivity index (χ2n) is 8.72. The van der Waals surface area contributed by atoms with Crippen molar-refractivity contribution < 1.29 is 19.3 Å². The smallest absolute Gasteiger partial charge is 0.167 e. The van der Waals surface area contributed by atoms with Gasteiger partial charge in [-0.05, 0) is 24.3 Å². The molecule has 0 amide bonds. The maximum Gasteiger partial charge on any atom is 0.167 e. The standard InChI is InChI=1S/C22H28FN7O3S/c23-14-1-3-15(4-2-14)29-9-7-28(8-10-29)6-5-22(19(34)18(32)16(11-31)33-22)30-13-27-17-20(24)25-12-26-21(17)30/h1-4,12-13,16,18-19,31-32,34H,5-11H2,(H2,24,25,26)/t16-,18-,19-,22-/m1/s1. The second kappa shape index (κ2) is 9.27. The molecule has 3 aromatic rings. The van der Waals surface area contributed by atoms with Gasteiger partial charge in [-0.1, -0.05) is 0 Å². The summed E-state index contributed by atoms with van der Waals surface area (Å²) in [5.41, 5.74) is 6.83. The number of hydrogen-bond donors (Lipinski definition) is 4. The minimum absolute atomic E-state index is 0.243. The van der Waals surface area contributed by atoms with E-state index in [1.165, 1.54) is 18.5 Å². The van der Waals surface area contributed by atoms with Crippen molar-refractivity contribution in [1.82, 2.24) is 24.4 Å². The number of fused-ring (bicyclic) bond motifs is 1. The van der Waals surface area contributed by atoms with Gasteiger partial charge in [-0.25, -0.2) is 19.3 Å². The van der Waals surface area contributed by atoms with Crippen LogP contribution in [0.15, 0.2) is 36.9 Å². The number of hydrogen-bond acceptors (Lipinski definition) is 10. The van der Waals surface area contributed by atoms with Gasteiger partial charge in [0.25, 0.3) is 0 Å². The molecule has 4 N–H and O–H groups in total. The molecule has 5 rings (SSSR count). The minimum atomic E-state index is -1.08. The van der Waals surface area contributed by atoms with Crippen molar-refractivity contribution in [3.05, 3.63) is 42.7 Å². The van der Waals surface area contributed by atoms with Gasteiger partial charge in [0.15, 0.2) is 17.2 Å². The highest BCUT2D eigenvalue weighted by Crippen LogP contribution is 2.43. The SMILES string of the molecule is Nc1ncnc2c1ncn2[C@]1(CCN2CCN(c3ccc(F)cc3)CC2)O[C@H](CO)[C@@H](O)[C@H]1S. The van der Waals surface area contributed by atoms with Crippen LogP contribution in [0.3, 0.4) is 0 Å². The van der Waals surface area contributed by atoms with E-state index in [0.717, 1.165) is 31.9 Å². The first-order valence-corrected chi connectivity index (χ1v) is 11.8. The van der Waals surface area contributed by atoms with E-state index >= 15 is 0 Å². The molecule has 0 saturated carbocycles. The van der Waals surface area contributed by atoms with Crippen LogP contribution in [0.2, 0.25) is 0 Å². The maximum atomic E-state index is 13.2. The molecule has 0 radical (unpaired) electrons. The second-order valence-corrected chi connectivity index (χ2v) is 9.28. The van der Waals surface area contributed by atoms with E-state index in [9.17, 15) is 14.6 Å². The average Bonchev–Trinajstić information content (AvgIpc) is 3.40. The normalized spacial score (nSPS) is 28.1. The Hall–Kier alpha value is -2.51. The van der Waals surface area contributed by atoms with Gasteiger partial charge in [-0.3, -0.25) is 9.47 Å². The number of aliphatic hydroxyl groups is 2. The highest BCUT2D eigenvalue weighted by Gasteiger charge is 2.54. The molecular formula is C22H28FN7O3S. The molecule has 0 unspecified atom stereocenters. The van der Waals surface area contributed by atoms with Crippen molar-refractivity contribution >= 4 is 35.3 Å². The van der Waals surface area contributed by atoms with Crippen molar-refractivity contribution in [3.8, 4) is 0 Å². The number of halogens is 1. The summed E-state index contributed by atoms with van der Waals surface area (Å²) in [6.07, 6.45) is 1.67. The summed E-state index contributed by atoms with van der Waals surface area (Å²) < 4.78 is 21.3. The Morgan fingerprint density at radius 2 is 1.88 bits per heavy atom. The fourth-order valence-corrected chi connectivity index (χ4v) is 5.38. The predicted molar refractivity (Wildman–Crippen MR) is 128 cm³/mol. The first kappa shape index (κ1) is 23.2. The molecule has 1 aromatic carbocycles. The fraction of sp³-hybridized carbons (Fsp3) is 0.500. The van der Waals surface area contributed by atoms with Gasteiger partial charge >= 0.3 is 0 Å². The lowest BCUT2D eigenvalue weighted by atomic mass is 10.0. The molecule has 0 aliphatic carbocycles. The maximum absolute atomic E-state index is 13.2. The van der Waals surface area contributed by atoms with E-state index in [1.807, 2.05) is 0 Å². The molecule has 10 nitrogen and oxygen atoms in total. The van der Waals surface area contributed by atoms with Gasteiger partial charge in [-0.15, -0.1) is 0 Å². The van der Waals surface area contributed by atoms with Crippen LogP contribution in [0.5, 0.6) is 0 Å². The largest absolute Gasteiger partial charge is 0.394 e. The number of aromatic nitrogens is 4. The number of nitrogens with two attached hydrogens (primary N) is 1. The lowest BCUT2D eigenvalue weighted by Gasteiger charge is -2.39. The molecule has 4 atom stereocenters. The van der Waals surface area contributed by atoms with Crippen molar-refractivity contribution in [2.75, 3.05) is 50.0 Å². The lowest BCUT2D eigenvalue weighted by Crippen LogP contribution is -2.50. The minimum Gasteiger partial charge on any atom is -0.394 e. The van der Waals surface area contributed by atoms with Crippen LogP contribution in [0.25, 0.3) is 11.2 Å². The van der Waals surface area contributed by atoms with Crippen LogP contribution in [-0.4, -0.2) is 91.4 Å². The van der Waals surface area contributed by atoms with Gasteiger partial charge in [0.1, 0.15) is 23.8 Å².